The highest BCUT2D eigenvalue weighted by atomic mass is 35.5. The molecule has 0 aromatic heterocycles. The second-order valence-corrected chi connectivity index (χ2v) is 10.5. The predicted octanol–water partition coefficient (Wildman–Crippen LogP) is 3.70. The van der Waals surface area contributed by atoms with Gasteiger partial charge in [-0.1, -0.05) is 47.5 Å². The van der Waals surface area contributed by atoms with E-state index in [0.29, 0.717) is 5.02 Å². The van der Waals surface area contributed by atoms with Gasteiger partial charge in [-0.15, -0.1) is 0 Å². The van der Waals surface area contributed by atoms with Crippen molar-refractivity contribution in [1.82, 2.24) is 10.2 Å². The molecule has 174 valence electrons. The van der Waals surface area contributed by atoms with Gasteiger partial charge in [0, 0.05) is 17.6 Å². The van der Waals surface area contributed by atoms with Crippen molar-refractivity contribution in [1.29, 1.82) is 0 Å². The Morgan fingerprint density at radius 2 is 1.59 bits per heavy atom. The van der Waals surface area contributed by atoms with Crippen LogP contribution in [0.1, 0.15) is 26.3 Å². The molecule has 2 aromatic rings. The van der Waals surface area contributed by atoms with Gasteiger partial charge in [0.05, 0.1) is 17.0 Å². The van der Waals surface area contributed by atoms with Gasteiger partial charge in [0.15, 0.2) is 0 Å². The summed E-state index contributed by atoms with van der Waals surface area (Å²) in [7, 11) is -3.83. The van der Waals surface area contributed by atoms with E-state index in [2.05, 4.69) is 5.32 Å². The Hall–Kier alpha value is -2.29. The zero-order valence-corrected chi connectivity index (χ0v) is 20.7. The van der Waals surface area contributed by atoms with Crippen LogP contribution in [0.2, 0.25) is 10.0 Å². The van der Waals surface area contributed by atoms with Crippen molar-refractivity contribution in [3.05, 3.63) is 64.1 Å². The molecular weight excluding hydrogens is 473 g/mol. The largest absolute Gasteiger partial charge is 0.352 e. The van der Waals surface area contributed by atoms with Crippen molar-refractivity contribution in [3.63, 3.8) is 0 Å². The number of benzene rings is 2. The number of rotatable bonds is 9. The number of anilines is 1. The Bertz CT molecular complexity index is 1060. The molecule has 2 amide bonds. The van der Waals surface area contributed by atoms with Crippen molar-refractivity contribution in [2.45, 2.75) is 39.4 Å². The number of carbonyl (C=O) groups is 2. The third-order valence-electron chi connectivity index (χ3n) is 4.66. The molecule has 0 saturated heterocycles. The number of hydrogen-bond acceptors (Lipinski definition) is 4. The fourth-order valence-corrected chi connectivity index (χ4v) is 4.30. The van der Waals surface area contributed by atoms with E-state index in [4.69, 9.17) is 23.2 Å². The number of nitrogens with zero attached hydrogens (tertiary/aromatic N) is 2. The predicted molar refractivity (Wildman–Crippen MR) is 128 cm³/mol. The fourth-order valence-electron chi connectivity index (χ4n) is 3.02. The molecule has 0 heterocycles. The van der Waals surface area contributed by atoms with Gasteiger partial charge in [-0.05, 0) is 50.6 Å². The molecule has 0 aliphatic carbocycles. The van der Waals surface area contributed by atoms with E-state index in [1.807, 2.05) is 13.8 Å². The summed E-state index contributed by atoms with van der Waals surface area (Å²) in [5, 5.41) is 3.53. The van der Waals surface area contributed by atoms with Crippen molar-refractivity contribution < 1.29 is 18.0 Å². The Morgan fingerprint density at radius 3 is 2.12 bits per heavy atom. The Labute approximate surface area is 199 Å². The number of halogens is 2. The summed E-state index contributed by atoms with van der Waals surface area (Å²) in [4.78, 5) is 27.4. The highest BCUT2D eigenvalue weighted by Crippen LogP contribution is 2.27. The van der Waals surface area contributed by atoms with Crippen molar-refractivity contribution >= 4 is 50.7 Å². The maximum absolute atomic E-state index is 13.4. The first-order valence-electron chi connectivity index (χ1n) is 9.96. The van der Waals surface area contributed by atoms with E-state index in [9.17, 15) is 18.0 Å². The summed E-state index contributed by atoms with van der Waals surface area (Å²) in [5.41, 5.74) is 0.936. The summed E-state index contributed by atoms with van der Waals surface area (Å²) in [6, 6.07) is 12.3. The monoisotopic (exact) mass is 499 g/mol. The highest BCUT2D eigenvalue weighted by molar-refractivity contribution is 7.92. The molecule has 0 aliphatic heterocycles. The van der Waals surface area contributed by atoms with Gasteiger partial charge in [-0.3, -0.25) is 13.9 Å². The Kier molecular flexibility index (Phi) is 8.95. The zero-order chi connectivity index (χ0) is 24.1. The molecule has 0 fully saturated rings. The zero-order valence-electron chi connectivity index (χ0n) is 18.4. The lowest BCUT2D eigenvalue weighted by molar-refractivity contribution is -0.139. The fraction of sp³-hybridized carbons (Fsp3) is 0.364. The van der Waals surface area contributed by atoms with E-state index < -0.39 is 28.5 Å². The van der Waals surface area contributed by atoms with Crippen molar-refractivity contribution in [2.24, 2.45) is 0 Å². The van der Waals surface area contributed by atoms with Crippen LogP contribution in [-0.2, 0) is 26.2 Å². The van der Waals surface area contributed by atoms with Crippen LogP contribution in [0.25, 0.3) is 0 Å². The van der Waals surface area contributed by atoms with Crippen LogP contribution in [0.15, 0.2) is 48.5 Å². The normalized spacial score (nSPS) is 12.3. The maximum Gasteiger partial charge on any atom is 0.244 e. The van der Waals surface area contributed by atoms with Gasteiger partial charge in [0.1, 0.15) is 12.6 Å². The number of sulfonamides is 1. The molecule has 2 rings (SSSR count). The molecule has 0 bridgehead atoms. The third kappa shape index (κ3) is 7.12. The van der Waals surface area contributed by atoms with Gasteiger partial charge in [0.2, 0.25) is 21.8 Å². The number of carbonyl (C=O) groups excluding carboxylic acids is 2. The summed E-state index contributed by atoms with van der Waals surface area (Å²) in [6.45, 7) is 4.83. The SMILES string of the molecule is CC(C)NC(=O)[C@H](C)N(Cc1ccc(Cl)cc1)C(=O)CN(c1ccccc1Cl)S(C)(=O)=O. The number of amides is 2. The van der Waals surface area contributed by atoms with Gasteiger partial charge in [0.25, 0.3) is 0 Å². The second kappa shape index (κ2) is 11.0. The molecule has 10 heteroatoms. The van der Waals surface area contributed by atoms with Gasteiger partial charge in [-0.25, -0.2) is 8.42 Å². The van der Waals surface area contributed by atoms with Crippen LogP contribution in [-0.4, -0.2) is 50.0 Å². The first-order chi connectivity index (χ1) is 14.9. The Balaban J connectivity index is 2.39. The second-order valence-electron chi connectivity index (χ2n) is 7.71. The quantitative estimate of drug-likeness (QED) is 0.569. The van der Waals surface area contributed by atoms with Gasteiger partial charge < -0.3 is 10.2 Å². The smallest absolute Gasteiger partial charge is 0.244 e. The Morgan fingerprint density at radius 1 is 1.00 bits per heavy atom. The average molecular weight is 500 g/mol. The minimum Gasteiger partial charge on any atom is -0.352 e. The molecular formula is C22H27Cl2N3O4S. The van der Waals surface area contributed by atoms with E-state index >= 15 is 0 Å². The lowest BCUT2D eigenvalue weighted by Gasteiger charge is -2.32. The minimum absolute atomic E-state index is 0.100. The van der Waals surface area contributed by atoms with E-state index in [-0.39, 0.29) is 29.2 Å². The van der Waals surface area contributed by atoms with Crippen LogP contribution in [0.5, 0.6) is 0 Å². The number of nitrogens with one attached hydrogen (secondary N) is 1. The first kappa shape index (κ1) is 26.0. The maximum atomic E-state index is 13.4. The average Bonchev–Trinajstić information content (AvgIpc) is 2.70. The summed E-state index contributed by atoms with van der Waals surface area (Å²) >= 11 is 12.1. The number of hydrogen-bond donors (Lipinski definition) is 1. The van der Waals surface area contributed by atoms with Crippen LogP contribution >= 0.6 is 23.2 Å². The molecule has 0 aliphatic rings. The molecule has 0 saturated carbocycles. The van der Waals surface area contributed by atoms with Gasteiger partial charge >= 0.3 is 0 Å². The molecule has 0 radical (unpaired) electrons. The summed E-state index contributed by atoms with van der Waals surface area (Å²) in [5.74, 6) is -0.886. The molecule has 1 atom stereocenters. The lowest BCUT2D eigenvalue weighted by atomic mass is 10.1. The van der Waals surface area contributed by atoms with E-state index in [0.717, 1.165) is 16.1 Å². The molecule has 0 unspecified atom stereocenters. The van der Waals surface area contributed by atoms with Crippen molar-refractivity contribution in [2.75, 3.05) is 17.1 Å². The van der Waals surface area contributed by atoms with Crippen LogP contribution in [0.4, 0.5) is 5.69 Å². The first-order valence-corrected chi connectivity index (χ1v) is 12.6. The molecule has 32 heavy (non-hydrogen) atoms. The molecule has 2 aromatic carbocycles. The summed E-state index contributed by atoms with van der Waals surface area (Å²) < 4.78 is 25.9. The molecule has 7 nitrogen and oxygen atoms in total. The molecule has 0 spiro atoms. The van der Waals surface area contributed by atoms with Crippen LogP contribution < -0.4 is 9.62 Å². The van der Waals surface area contributed by atoms with Crippen molar-refractivity contribution in [3.8, 4) is 0 Å². The highest BCUT2D eigenvalue weighted by Gasteiger charge is 2.30. The van der Waals surface area contributed by atoms with Crippen LogP contribution in [0.3, 0.4) is 0 Å². The topological polar surface area (TPSA) is 86.8 Å². The molecule has 1 N–H and O–H groups in total. The lowest BCUT2D eigenvalue weighted by Crippen LogP contribution is -2.52. The number of para-hydroxylation sites is 1. The minimum atomic E-state index is -3.83. The van der Waals surface area contributed by atoms with E-state index in [1.54, 1.807) is 49.4 Å². The van der Waals surface area contributed by atoms with Gasteiger partial charge in [-0.2, -0.15) is 0 Å². The standard InChI is InChI=1S/C22H27Cl2N3O4S/c1-15(2)25-22(29)16(3)26(13-17-9-11-18(23)12-10-17)21(28)14-27(32(4,30)31)20-8-6-5-7-19(20)24/h5-12,15-16H,13-14H2,1-4H3,(H,25,29)/t16-/m0/s1. The third-order valence-corrected chi connectivity index (χ3v) is 6.36. The van der Waals surface area contributed by atoms with E-state index in [1.165, 1.54) is 11.0 Å². The van der Waals surface area contributed by atoms with Crippen LogP contribution in [0, 0.1) is 0 Å². The summed E-state index contributed by atoms with van der Waals surface area (Å²) in [6.07, 6.45) is 1.00.